The van der Waals surface area contributed by atoms with Crippen LogP contribution in [0, 0.1) is 0 Å². The molecule has 1 saturated heterocycles. The van der Waals surface area contributed by atoms with Gasteiger partial charge in [-0.3, -0.25) is 14.9 Å². The molecule has 120 valence electrons. The van der Waals surface area contributed by atoms with E-state index in [2.05, 4.69) is 26.2 Å². The summed E-state index contributed by atoms with van der Waals surface area (Å²) in [5, 5.41) is 2.79. The van der Waals surface area contributed by atoms with Crippen LogP contribution in [0.2, 0.25) is 5.02 Å². The smallest absolute Gasteiger partial charge is 0.325 e. The number of amidine groups is 1. The fraction of sp³-hybridized carbons (Fsp3) is 0.286. The van der Waals surface area contributed by atoms with E-state index in [0.29, 0.717) is 15.3 Å². The summed E-state index contributed by atoms with van der Waals surface area (Å²) >= 11 is 9.08. The van der Waals surface area contributed by atoms with Crippen molar-refractivity contribution in [1.29, 1.82) is 0 Å². The first kappa shape index (κ1) is 15.9. The summed E-state index contributed by atoms with van der Waals surface area (Å²) in [6.45, 7) is -0.0394. The molecule has 23 heavy (non-hydrogen) atoms. The van der Waals surface area contributed by atoms with E-state index >= 15 is 0 Å². The molecule has 2 aliphatic rings. The quantitative estimate of drug-likeness (QED) is 0.616. The van der Waals surface area contributed by atoms with Crippen LogP contribution >= 0.6 is 27.5 Å². The average molecular weight is 400 g/mol. The fourth-order valence-corrected chi connectivity index (χ4v) is 3.22. The summed E-state index contributed by atoms with van der Waals surface area (Å²) in [7, 11) is 1.55. The summed E-state index contributed by atoms with van der Waals surface area (Å²) < 4.78 is 0.367. The lowest BCUT2D eigenvalue weighted by atomic mass is 10.1. The Hall–Kier alpha value is -1.93. The molecule has 0 aromatic heterocycles. The highest BCUT2D eigenvalue weighted by atomic mass is 79.9. The van der Waals surface area contributed by atoms with E-state index in [0.717, 1.165) is 0 Å². The summed E-state index contributed by atoms with van der Waals surface area (Å²) in [5.41, 5.74) is 0.485. The van der Waals surface area contributed by atoms with E-state index in [1.165, 1.54) is 4.90 Å². The van der Waals surface area contributed by atoms with Crippen molar-refractivity contribution in [3.05, 3.63) is 34.9 Å². The highest BCUT2D eigenvalue weighted by Crippen LogP contribution is 2.26. The molecule has 3 rings (SSSR count). The number of halogens is 2. The van der Waals surface area contributed by atoms with E-state index in [1.54, 1.807) is 36.2 Å². The highest BCUT2D eigenvalue weighted by molar-refractivity contribution is 9.18. The lowest BCUT2D eigenvalue weighted by Crippen LogP contribution is -2.63. The minimum absolute atomic E-state index is 0.0394. The van der Waals surface area contributed by atoms with Crippen molar-refractivity contribution < 1.29 is 14.4 Å². The molecular formula is C14H12BrClN4O3. The largest absolute Gasteiger partial charge is 0.327 e. The van der Waals surface area contributed by atoms with Crippen molar-refractivity contribution in [2.75, 3.05) is 13.6 Å². The first-order valence-electron chi connectivity index (χ1n) is 6.75. The van der Waals surface area contributed by atoms with Crippen molar-refractivity contribution in [2.24, 2.45) is 4.99 Å². The zero-order valence-corrected chi connectivity index (χ0v) is 14.3. The molecule has 0 saturated carbocycles. The van der Waals surface area contributed by atoms with Crippen LogP contribution in [-0.2, 0) is 4.79 Å². The number of Topliss-reactive ketones (excluding diaryl/α,β-unsaturated/α-hetero) is 1. The van der Waals surface area contributed by atoms with Gasteiger partial charge in [-0.15, -0.1) is 0 Å². The maximum absolute atomic E-state index is 12.4. The molecule has 7 nitrogen and oxygen atoms in total. The van der Waals surface area contributed by atoms with Gasteiger partial charge in [-0.05, 0) is 40.2 Å². The van der Waals surface area contributed by atoms with Gasteiger partial charge in [-0.1, -0.05) is 11.6 Å². The predicted molar refractivity (Wildman–Crippen MR) is 87.7 cm³/mol. The number of fused-ring (bicyclic) bond motifs is 1. The van der Waals surface area contributed by atoms with E-state index in [-0.39, 0.29) is 12.3 Å². The number of aliphatic imine (C=N–C) groups is 1. The molecule has 2 aliphatic heterocycles. The van der Waals surface area contributed by atoms with Gasteiger partial charge in [0.05, 0.1) is 6.54 Å². The molecular weight excluding hydrogens is 388 g/mol. The number of carbonyl (C=O) groups is 3. The summed E-state index contributed by atoms with van der Waals surface area (Å²) in [6, 6.07) is 5.27. The second kappa shape index (κ2) is 5.93. The summed E-state index contributed by atoms with van der Waals surface area (Å²) in [5.74, 6) is -0.651. The van der Waals surface area contributed by atoms with Crippen molar-refractivity contribution in [3.63, 3.8) is 0 Å². The number of nitrogens with zero attached hydrogens (tertiary/aromatic N) is 3. The number of amides is 3. The second-order valence-electron chi connectivity index (χ2n) is 5.22. The number of carbonyl (C=O) groups excluding carboxylic acids is 3. The first-order chi connectivity index (χ1) is 10.9. The number of rotatable bonds is 3. The van der Waals surface area contributed by atoms with Crippen LogP contribution in [0.25, 0.3) is 0 Å². The van der Waals surface area contributed by atoms with Crippen LogP contribution in [-0.4, -0.2) is 58.1 Å². The molecule has 1 aromatic rings. The van der Waals surface area contributed by atoms with E-state index in [9.17, 15) is 14.4 Å². The second-order valence-corrected chi connectivity index (χ2v) is 6.37. The maximum atomic E-state index is 12.4. The summed E-state index contributed by atoms with van der Waals surface area (Å²) in [6.07, 6.45) is -0.649. The Morgan fingerprint density at radius 1 is 1.35 bits per heavy atom. The lowest BCUT2D eigenvalue weighted by molar-refractivity contribution is -0.126. The molecule has 0 aliphatic carbocycles. The number of imide groups is 1. The minimum Gasteiger partial charge on any atom is -0.327 e. The van der Waals surface area contributed by atoms with Gasteiger partial charge in [-0.25, -0.2) is 9.79 Å². The average Bonchev–Trinajstić information content (AvgIpc) is 2.83. The highest BCUT2D eigenvalue weighted by Gasteiger charge is 2.48. The Kier molecular flexibility index (Phi) is 4.11. The third-order valence-electron chi connectivity index (χ3n) is 3.79. The number of ketones is 1. The number of benzene rings is 1. The number of urea groups is 1. The van der Waals surface area contributed by atoms with Crippen LogP contribution in [0.3, 0.4) is 0 Å². The minimum atomic E-state index is -0.733. The molecule has 2 atom stereocenters. The maximum Gasteiger partial charge on any atom is 0.325 e. The Bertz CT molecular complexity index is 721. The zero-order valence-electron chi connectivity index (χ0n) is 12.0. The van der Waals surface area contributed by atoms with Gasteiger partial charge < -0.3 is 9.80 Å². The molecule has 9 heteroatoms. The molecule has 0 spiro atoms. The number of hydrogen-bond acceptors (Lipinski definition) is 5. The van der Waals surface area contributed by atoms with E-state index in [1.807, 2.05) is 0 Å². The third-order valence-corrected chi connectivity index (χ3v) is 4.70. The topological polar surface area (TPSA) is 82.1 Å². The molecule has 0 bridgehead atoms. The lowest BCUT2D eigenvalue weighted by Gasteiger charge is -2.35. The number of hydrogen-bond donors (Lipinski definition) is 1. The van der Waals surface area contributed by atoms with Crippen molar-refractivity contribution in [3.8, 4) is 0 Å². The Labute approximate surface area is 145 Å². The standard InChI is InChI=1S/C14H12BrClN4O3/c1-19-11-10(12(22)18-14(19)23)20(13(15)17-11)6-9(21)7-2-4-8(16)5-3-7/h2-5,10-11H,6H2,1H3,(H,18,22,23). The molecule has 1 fully saturated rings. The summed E-state index contributed by atoms with van der Waals surface area (Å²) in [4.78, 5) is 43.3. The molecule has 1 aromatic carbocycles. The molecule has 2 heterocycles. The van der Waals surface area contributed by atoms with Crippen molar-refractivity contribution >= 4 is 50.0 Å². The number of nitrogens with one attached hydrogen (secondary N) is 1. The third kappa shape index (κ3) is 2.84. The Balaban J connectivity index is 1.81. The predicted octanol–water partition coefficient (Wildman–Crippen LogP) is 1.47. The van der Waals surface area contributed by atoms with Crippen LogP contribution in [0.4, 0.5) is 4.79 Å². The van der Waals surface area contributed by atoms with Gasteiger partial charge in [0, 0.05) is 17.6 Å². The van der Waals surface area contributed by atoms with E-state index in [4.69, 9.17) is 11.6 Å². The van der Waals surface area contributed by atoms with Crippen LogP contribution < -0.4 is 5.32 Å². The van der Waals surface area contributed by atoms with Gasteiger partial charge in [0.2, 0.25) is 0 Å². The van der Waals surface area contributed by atoms with Crippen LogP contribution in [0.1, 0.15) is 10.4 Å². The van der Waals surface area contributed by atoms with Crippen molar-refractivity contribution in [2.45, 2.75) is 12.2 Å². The van der Waals surface area contributed by atoms with Gasteiger partial charge in [0.25, 0.3) is 5.91 Å². The monoisotopic (exact) mass is 398 g/mol. The SMILES string of the molecule is CN1C(=O)NC(=O)C2C1N=C(Br)N2CC(=O)c1ccc(Cl)cc1. The molecule has 3 amide bonds. The number of likely N-dealkylation sites (N-methyl/N-ethyl adjacent to an activating group) is 1. The van der Waals surface area contributed by atoms with Gasteiger partial charge >= 0.3 is 6.03 Å². The first-order valence-corrected chi connectivity index (χ1v) is 7.92. The van der Waals surface area contributed by atoms with Crippen molar-refractivity contribution in [1.82, 2.24) is 15.1 Å². The van der Waals surface area contributed by atoms with Gasteiger partial charge in [0.15, 0.2) is 22.7 Å². The van der Waals surface area contributed by atoms with E-state index < -0.39 is 24.1 Å². The van der Waals surface area contributed by atoms with Gasteiger partial charge in [-0.2, -0.15) is 0 Å². The normalized spacial score (nSPS) is 23.5. The Morgan fingerprint density at radius 2 is 2.00 bits per heavy atom. The molecule has 1 N–H and O–H groups in total. The van der Waals surface area contributed by atoms with Gasteiger partial charge in [0.1, 0.15) is 0 Å². The molecule has 2 unspecified atom stereocenters. The fourth-order valence-electron chi connectivity index (χ4n) is 2.54. The Morgan fingerprint density at radius 3 is 2.65 bits per heavy atom. The molecule has 0 radical (unpaired) electrons. The van der Waals surface area contributed by atoms with Crippen LogP contribution in [0.15, 0.2) is 29.3 Å². The van der Waals surface area contributed by atoms with Crippen LogP contribution in [0.5, 0.6) is 0 Å². The zero-order chi connectivity index (χ0) is 16.7.